The van der Waals surface area contributed by atoms with Gasteiger partial charge in [-0.3, -0.25) is 4.79 Å². The Labute approximate surface area is 130 Å². The van der Waals surface area contributed by atoms with Gasteiger partial charge in [0.15, 0.2) is 0 Å². The van der Waals surface area contributed by atoms with E-state index in [0.717, 1.165) is 18.3 Å². The van der Waals surface area contributed by atoms with Crippen molar-refractivity contribution in [1.82, 2.24) is 4.90 Å². The molecule has 1 aromatic rings. The first-order chi connectivity index (χ1) is 10.9. The minimum atomic E-state index is -4.46. The number of morpholine rings is 1. The van der Waals surface area contributed by atoms with Crippen molar-refractivity contribution < 1.29 is 22.7 Å². The Morgan fingerprint density at radius 2 is 2.04 bits per heavy atom. The van der Waals surface area contributed by atoms with Gasteiger partial charge in [-0.05, 0) is 18.2 Å². The maximum absolute atomic E-state index is 12.6. The Morgan fingerprint density at radius 1 is 1.35 bits per heavy atom. The first kappa shape index (κ1) is 16.8. The minimum Gasteiger partial charge on any atom is -0.378 e. The first-order valence-electron chi connectivity index (χ1n) is 6.83. The van der Waals surface area contributed by atoms with Crippen molar-refractivity contribution in [3.05, 3.63) is 41.6 Å². The lowest BCUT2D eigenvalue weighted by Crippen LogP contribution is -2.41. The van der Waals surface area contributed by atoms with Crippen LogP contribution in [0, 0.1) is 11.3 Å². The summed E-state index contributed by atoms with van der Waals surface area (Å²) >= 11 is 0. The molecule has 0 spiro atoms. The number of carbonyl (C=O) groups excluding carboxylic acids is 1. The van der Waals surface area contributed by atoms with E-state index in [2.05, 4.69) is 5.32 Å². The number of anilines is 1. The number of amides is 1. The maximum atomic E-state index is 12.6. The molecule has 1 heterocycles. The van der Waals surface area contributed by atoms with Gasteiger partial charge < -0.3 is 15.0 Å². The maximum Gasteiger partial charge on any atom is 0.416 e. The largest absolute Gasteiger partial charge is 0.416 e. The number of rotatable bonds is 3. The van der Waals surface area contributed by atoms with Crippen molar-refractivity contribution in [3.8, 4) is 6.07 Å². The fourth-order valence-corrected chi connectivity index (χ4v) is 2.02. The average molecular weight is 325 g/mol. The second kappa shape index (κ2) is 7.15. The molecule has 1 aromatic carbocycles. The molecule has 23 heavy (non-hydrogen) atoms. The second-order valence-electron chi connectivity index (χ2n) is 4.80. The van der Waals surface area contributed by atoms with Crippen LogP contribution in [-0.4, -0.2) is 37.1 Å². The number of nitriles is 1. The fraction of sp³-hybridized carbons (Fsp3) is 0.333. The lowest BCUT2D eigenvalue weighted by atomic mass is 10.2. The summed E-state index contributed by atoms with van der Waals surface area (Å²) in [7, 11) is 0. The van der Waals surface area contributed by atoms with Crippen LogP contribution in [0.1, 0.15) is 5.56 Å². The molecule has 5 nitrogen and oxygen atoms in total. The van der Waals surface area contributed by atoms with Gasteiger partial charge in [0.25, 0.3) is 5.91 Å². The minimum absolute atomic E-state index is 0.141. The Bertz CT molecular complexity index is 644. The molecule has 0 aromatic heterocycles. The summed E-state index contributed by atoms with van der Waals surface area (Å²) in [5.41, 5.74) is -0.847. The third-order valence-electron chi connectivity index (χ3n) is 3.22. The molecular weight excluding hydrogens is 311 g/mol. The third kappa shape index (κ3) is 4.47. The van der Waals surface area contributed by atoms with E-state index in [9.17, 15) is 18.0 Å². The first-order valence-corrected chi connectivity index (χ1v) is 6.83. The Hall–Kier alpha value is -2.53. The van der Waals surface area contributed by atoms with E-state index in [4.69, 9.17) is 10.00 Å². The highest BCUT2D eigenvalue weighted by molar-refractivity contribution is 5.97. The SMILES string of the molecule is N#CC(=CNc1cccc(C(F)(F)F)c1)C(=O)N1CCOCC1. The zero-order chi connectivity index (χ0) is 16.9. The van der Waals surface area contributed by atoms with Gasteiger partial charge in [-0.15, -0.1) is 0 Å². The lowest BCUT2D eigenvalue weighted by molar-refractivity contribution is -0.137. The van der Waals surface area contributed by atoms with E-state index < -0.39 is 17.6 Å². The van der Waals surface area contributed by atoms with E-state index in [-0.39, 0.29) is 11.3 Å². The lowest BCUT2D eigenvalue weighted by Gasteiger charge is -2.26. The molecule has 1 amide bonds. The van der Waals surface area contributed by atoms with Gasteiger partial charge in [-0.2, -0.15) is 18.4 Å². The Kier molecular flexibility index (Phi) is 5.24. The third-order valence-corrected chi connectivity index (χ3v) is 3.22. The van der Waals surface area contributed by atoms with Crippen molar-refractivity contribution in [2.45, 2.75) is 6.18 Å². The molecule has 1 aliphatic heterocycles. The summed E-state index contributed by atoms with van der Waals surface area (Å²) in [6.07, 6.45) is -3.34. The number of ether oxygens (including phenoxy) is 1. The predicted molar refractivity (Wildman–Crippen MR) is 76.2 cm³/mol. The highest BCUT2D eigenvalue weighted by Gasteiger charge is 2.30. The molecular formula is C15H14F3N3O2. The fourth-order valence-electron chi connectivity index (χ4n) is 2.02. The molecule has 0 unspecified atom stereocenters. The normalized spacial score (nSPS) is 15.9. The van der Waals surface area contributed by atoms with E-state index in [0.29, 0.717) is 26.3 Å². The second-order valence-corrected chi connectivity index (χ2v) is 4.80. The molecule has 0 radical (unpaired) electrons. The molecule has 0 bridgehead atoms. The average Bonchev–Trinajstić information content (AvgIpc) is 2.55. The number of benzene rings is 1. The smallest absolute Gasteiger partial charge is 0.378 e. The molecule has 1 fully saturated rings. The van der Waals surface area contributed by atoms with Crippen molar-refractivity contribution >= 4 is 11.6 Å². The molecule has 122 valence electrons. The van der Waals surface area contributed by atoms with Gasteiger partial charge in [-0.1, -0.05) is 6.07 Å². The predicted octanol–water partition coefficient (Wildman–Crippen LogP) is 2.38. The summed E-state index contributed by atoms with van der Waals surface area (Å²) < 4.78 is 43.0. The zero-order valence-corrected chi connectivity index (χ0v) is 12.1. The summed E-state index contributed by atoms with van der Waals surface area (Å²) in [6, 6.07) is 6.27. The van der Waals surface area contributed by atoms with E-state index in [1.165, 1.54) is 17.0 Å². The van der Waals surface area contributed by atoms with Gasteiger partial charge in [0.1, 0.15) is 11.6 Å². The molecule has 0 aliphatic carbocycles. The van der Waals surface area contributed by atoms with Gasteiger partial charge >= 0.3 is 6.18 Å². The monoisotopic (exact) mass is 325 g/mol. The Morgan fingerprint density at radius 3 is 2.65 bits per heavy atom. The number of hydrogen-bond donors (Lipinski definition) is 1. The quantitative estimate of drug-likeness (QED) is 0.684. The standard InChI is InChI=1S/C15H14F3N3O2/c16-15(17,18)12-2-1-3-13(8-12)20-10-11(9-19)14(22)21-4-6-23-7-5-21/h1-3,8,10,20H,4-7H2. The van der Waals surface area contributed by atoms with E-state index in [1.807, 2.05) is 0 Å². The highest BCUT2D eigenvalue weighted by Crippen LogP contribution is 2.30. The highest BCUT2D eigenvalue weighted by atomic mass is 19.4. The van der Waals surface area contributed by atoms with Crippen LogP contribution in [0.5, 0.6) is 0 Å². The molecule has 1 N–H and O–H groups in total. The topological polar surface area (TPSA) is 65.4 Å². The van der Waals surface area contributed by atoms with Crippen molar-refractivity contribution in [3.63, 3.8) is 0 Å². The van der Waals surface area contributed by atoms with Gasteiger partial charge in [0.2, 0.25) is 0 Å². The van der Waals surface area contributed by atoms with Crippen molar-refractivity contribution in [1.29, 1.82) is 5.26 Å². The number of alkyl halides is 3. The molecule has 1 saturated heterocycles. The molecule has 2 rings (SSSR count). The summed E-state index contributed by atoms with van der Waals surface area (Å²) in [6.45, 7) is 1.54. The molecule has 0 atom stereocenters. The van der Waals surface area contributed by atoms with E-state index >= 15 is 0 Å². The number of carbonyl (C=O) groups is 1. The summed E-state index contributed by atoms with van der Waals surface area (Å²) in [5.74, 6) is -0.477. The summed E-state index contributed by atoms with van der Waals surface area (Å²) in [4.78, 5) is 13.6. The number of nitrogens with zero attached hydrogens (tertiary/aromatic N) is 2. The van der Waals surface area contributed by atoms with Crippen LogP contribution >= 0.6 is 0 Å². The Balaban J connectivity index is 2.10. The zero-order valence-electron chi connectivity index (χ0n) is 12.1. The summed E-state index contributed by atoms with van der Waals surface area (Å²) in [5, 5.41) is 11.6. The van der Waals surface area contributed by atoms with Crippen molar-refractivity contribution in [2.24, 2.45) is 0 Å². The van der Waals surface area contributed by atoms with Gasteiger partial charge in [0, 0.05) is 25.0 Å². The number of hydrogen-bond acceptors (Lipinski definition) is 4. The molecule has 8 heteroatoms. The van der Waals surface area contributed by atoms with Gasteiger partial charge in [0.05, 0.1) is 18.8 Å². The van der Waals surface area contributed by atoms with Crippen LogP contribution in [0.25, 0.3) is 0 Å². The van der Waals surface area contributed by atoms with Crippen LogP contribution in [0.2, 0.25) is 0 Å². The van der Waals surface area contributed by atoms with Crippen LogP contribution in [-0.2, 0) is 15.7 Å². The molecule has 0 saturated carbocycles. The van der Waals surface area contributed by atoms with Gasteiger partial charge in [-0.25, -0.2) is 0 Å². The van der Waals surface area contributed by atoms with Crippen LogP contribution in [0.15, 0.2) is 36.0 Å². The molecule has 1 aliphatic rings. The number of halogens is 3. The number of nitrogens with one attached hydrogen (secondary N) is 1. The van der Waals surface area contributed by atoms with E-state index in [1.54, 1.807) is 6.07 Å². The van der Waals surface area contributed by atoms with Crippen LogP contribution in [0.4, 0.5) is 18.9 Å². The van der Waals surface area contributed by atoms with Crippen LogP contribution in [0.3, 0.4) is 0 Å². The van der Waals surface area contributed by atoms with Crippen molar-refractivity contribution in [2.75, 3.05) is 31.6 Å². The van der Waals surface area contributed by atoms with Crippen LogP contribution < -0.4 is 5.32 Å².